The lowest BCUT2D eigenvalue weighted by Gasteiger charge is -2.07. The molecule has 9 nitrogen and oxygen atoms in total. The van der Waals surface area contributed by atoms with Crippen molar-refractivity contribution in [2.24, 2.45) is 0 Å². The largest absolute Gasteiger partial charge is 0.338 e. The normalized spacial score (nSPS) is 11.2. The molecule has 0 saturated heterocycles. The molecule has 0 saturated carbocycles. The van der Waals surface area contributed by atoms with Crippen molar-refractivity contribution in [3.63, 3.8) is 0 Å². The van der Waals surface area contributed by atoms with E-state index in [4.69, 9.17) is 4.98 Å². The van der Waals surface area contributed by atoms with Gasteiger partial charge in [0.1, 0.15) is 16.9 Å². The van der Waals surface area contributed by atoms with Gasteiger partial charge >= 0.3 is 0 Å². The summed E-state index contributed by atoms with van der Waals surface area (Å²) in [5, 5.41) is 11.5. The first-order chi connectivity index (χ1) is 19.7. The fraction of sp³-hybridized carbons (Fsp3) is 0.0323. The molecule has 0 bridgehead atoms. The molecule has 0 spiro atoms. The quantitative estimate of drug-likeness (QED) is 0.253. The van der Waals surface area contributed by atoms with Gasteiger partial charge in [-0.1, -0.05) is 36.4 Å². The van der Waals surface area contributed by atoms with Crippen LogP contribution in [0.4, 0.5) is 5.69 Å². The van der Waals surface area contributed by atoms with E-state index in [-0.39, 0.29) is 12.3 Å². The van der Waals surface area contributed by atoms with Crippen molar-refractivity contribution in [1.82, 2.24) is 35.1 Å². The molecule has 6 aromatic heterocycles. The molecular formula is C31H22N8O. The number of nitrogens with zero attached hydrogens (tertiary/aromatic N) is 5. The number of anilines is 1. The monoisotopic (exact) mass is 522 g/mol. The Balaban J connectivity index is 1.21. The summed E-state index contributed by atoms with van der Waals surface area (Å²) in [7, 11) is 0. The van der Waals surface area contributed by atoms with Crippen molar-refractivity contribution in [1.29, 1.82) is 0 Å². The molecule has 3 N–H and O–H groups in total. The Morgan fingerprint density at radius 3 is 2.62 bits per heavy atom. The lowest BCUT2D eigenvalue weighted by atomic mass is 10.1. The van der Waals surface area contributed by atoms with E-state index in [0.717, 1.165) is 44.6 Å². The number of hydrogen-bond donors (Lipinski definition) is 3. The van der Waals surface area contributed by atoms with Gasteiger partial charge in [0.2, 0.25) is 5.91 Å². The first kappa shape index (κ1) is 23.4. The fourth-order valence-corrected chi connectivity index (χ4v) is 4.78. The molecule has 192 valence electrons. The molecule has 0 aliphatic carbocycles. The van der Waals surface area contributed by atoms with Gasteiger partial charge in [-0.25, -0.2) is 9.97 Å². The highest BCUT2D eigenvalue weighted by atomic mass is 16.1. The van der Waals surface area contributed by atoms with Crippen LogP contribution in [0.2, 0.25) is 0 Å². The Kier molecular flexibility index (Phi) is 5.78. The molecule has 0 aliphatic heterocycles. The van der Waals surface area contributed by atoms with Crippen LogP contribution in [0.15, 0.2) is 104 Å². The fourth-order valence-electron chi connectivity index (χ4n) is 4.78. The van der Waals surface area contributed by atoms with Gasteiger partial charge in [0.15, 0.2) is 0 Å². The summed E-state index contributed by atoms with van der Waals surface area (Å²) in [5.74, 6) is -0.108. The molecule has 9 heteroatoms. The standard InChI is InChI=1S/C31H22N8O/c40-28(14-19-6-2-1-3-7-19)35-21-15-20(17-32-18-21)24-9-10-26-29(36-24)30(39-38-26)27-16-23-22(11-13-34-31(23)37-27)25-8-4-5-12-33-25/h1-13,15-18H,14H2,(H,34,37)(H,35,40)(H,38,39). The number of aromatic amines is 2. The number of pyridine rings is 4. The van der Waals surface area contributed by atoms with Crippen molar-refractivity contribution in [3.05, 3.63) is 109 Å². The molecule has 1 aromatic carbocycles. The Morgan fingerprint density at radius 2 is 1.75 bits per heavy atom. The predicted octanol–water partition coefficient (Wildman–Crippen LogP) is 5.81. The van der Waals surface area contributed by atoms with Gasteiger partial charge in [-0.05, 0) is 48.0 Å². The maximum absolute atomic E-state index is 12.6. The number of fused-ring (bicyclic) bond motifs is 2. The number of amides is 1. The van der Waals surface area contributed by atoms with Crippen LogP contribution in [0.3, 0.4) is 0 Å². The van der Waals surface area contributed by atoms with Gasteiger partial charge in [0.25, 0.3) is 0 Å². The molecule has 1 amide bonds. The second kappa shape index (κ2) is 9.88. The Bertz CT molecular complexity index is 1980. The van der Waals surface area contributed by atoms with Gasteiger partial charge in [0, 0.05) is 35.1 Å². The van der Waals surface area contributed by atoms with Crippen LogP contribution in [0.5, 0.6) is 0 Å². The number of H-pyrrole nitrogens is 2. The summed E-state index contributed by atoms with van der Waals surface area (Å²) in [4.78, 5) is 34.3. The summed E-state index contributed by atoms with van der Waals surface area (Å²) in [6, 6.07) is 25.2. The molecule has 0 atom stereocenters. The Hall–Kier alpha value is -5.70. The van der Waals surface area contributed by atoms with E-state index in [9.17, 15) is 4.79 Å². The zero-order valence-electron chi connectivity index (χ0n) is 21.2. The zero-order chi connectivity index (χ0) is 26.9. The van der Waals surface area contributed by atoms with Crippen molar-refractivity contribution in [2.75, 3.05) is 5.32 Å². The maximum Gasteiger partial charge on any atom is 0.228 e. The molecule has 0 fully saturated rings. The molecule has 40 heavy (non-hydrogen) atoms. The molecular weight excluding hydrogens is 500 g/mol. The van der Waals surface area contributed by atoms with E-state index in [1.807, 2.05) is 78.9 Å². The molecule has 7 aromatic rings. The lowest BCUT2D eigenvalue weighted by molar-refractivity contribution is -0.115. The third kappa shape index (κ3) is 4.45. The minimum absolute atomic E-state index is 0.108. The number of benzene rings is 1. The molecule has 7 rings (SSSR count). The lowest BCUT2D eigenvalue weighted by Crippen LogP contribution is -2.14. The van der Waals surface area contributed by atoms with Crippen LogP contribution in [0.25, 0.3) is 56.0 Å². The summed E-state index contributed by atoms with van der Waals surface area (Å²) < 4.78 is 0. The SMILES string of the molecule is O=C(Cc1ccccc1)Nc1cncc(-c2ccc3[nH]nc(-c4cc5c(-c6ccccn6)ccnc5[nH]4)c3n2)c1. The van der Waals surface area contributed by atoms with Gasteiger partial charge in [-0.3, -0.25) is 19.9 Å². The highest BCUT2D eigenvalue weighted by Gasteiger charge is 2.16. The third-order valence-electron chi connectivity index (χ3n) is 6.66. The van der Waals surface area contributed by atoms with Crippen LogP contribution >= 0.6 is 0 Å². The predicted molar refractivity (Wildman–Crippen MR) is 154 cm³/mol. The molecule has 6 heterocycles. The molecule has 0 unspecified atom stereocenters. The summed E-state index contributed by atoms with van der Waals surface area (Å²) in [6.07, 6.45) is 7.19. The minimum atomic E-state index is -0.108. The Labute approximate surface area is 228 Å². The van der Waals surface area contributed by atoms with E-state index in [2.05, 4.69) is 35.5 Å². The Morgan fingerprint density at radius 1 is 0.850 bits per heavy atom. The highest BCUT2D eigenvalue weighted by molar-refractivity contribution is 5.98. The van der Waals surface area contributed by atoms with Crippen LogP contribution in [0.1, 0.15) is 5.56 Å². The van der Waals surface area contributed by atoms with Crippen molar-refractivity contribution < 1.29 is 4.79 Å². The number of aromatic nitrogens is 7. The number of rotatable bonds is 6. The average Bonchev–Trinajstić information content (AvgIpc) is 3.62. The smallest absolute Gasteiger partial charge is 0.228 e. The number of carbonyl (C=O) groups excluding carboxylic acids is 1. The first-order valence-electron chi connectivity index (χ1n) is 12.7. The summed E-state index contributed by atoms with van der Waals surface area (Å²) in [5.41, 5.74) is 8.64. The van der Waals surface area contributed by atoms with Crippen LogP contribution in [-0.2, 0) is 11.2 Å². The van der Waals surface area contributed by atoms with E-state index >= 15 is 0 Å². The van der Waals surface area contributed by atoms with Gasteiger partial charge in [0.05, 0.1) is 40.9 Å². The summed E-state index contributed by atoms with van der Waals surface area (Å²) in [6.45, 7) is 0. The minimum Gasteiger partial charge on any atom is -0.338 e. The topological polar surface area (TPSA) is 125 Å². The van der Waals surface area contributed by atoms with Crippen molar-refractivity contribution in [2.45, 2.75) is 6.42 Å². The third-order valence-corrected chi connectivity index (χ3v) is 6.66. The van der Waals surface area contributed by atoms with Crippen LogP contribution in [0, 0.1) is 0 Å². The summed E-state index contributed by atoms with van der Waals surface area (Å²) >= 11 is 0. The van der Waals surface area contributed by atoms with Crippen LogP contribution < -0.4 is 5.32 Å². The maximum atomic E-state index is 12.6. The van der Waals surface area contributed by atoms with Gasteiger partial charge in [-0.2, -0.15) is 5.10 Å². The first-order valence-corrected chi connectivity index (χ1v) is 12.7. The second-order valence-electron chi connectivity index (χ2n) is 9.36. The van der Waals surface area contributed by atoms with Crippen molar-refractivity contribution in [3.8, 4) is 33.9 Å². The zero-order valence-corrected chi connectivity index (χ0v) is 21.2. The van der Waals surface area contributed by atoms with Gasteiger partial charge < -0.3 is 10.3 Å². The van der Waals surface area contributed by atoms with E-state index < -0.39 is 0 Å². The van der Waals surface area contributed by atoms with Crippen LogP contribution in [-0.4, -0.2) is 41.0 Å². The second-order valence-corrected chi connectivity index (χ2v) is 9.36. The number of carbonyl (C=O) groups is 1. The van der Waals surface area contributed by atoms with E-state index in [0.29, 0.717) is 22.6 Å². The average molecular weight is 523 g/mol. The molecule has 0 aliphatic rings. The number of nitrogens with one attached hydrogen (secondary N) is 3. The van der Waals surface area contributed by atoms with E-state index in [1.165, 1.54) is 0 Å². The number of hydrogen-bond acceptors (Lipinski definition) is 6. The van der Waals surface area contributed by atoms with Gasteiger partial charge in [-0.15, -0.1) is 0 Å². The van der Waals surface area contributed by atoms with Crippen molar-refractivity contribution >= 4 is 33.7 Å². The van der Waals surface area contributed by atoms with E-state index in [1.54, 1.807) is 24.8 Å². The molecule has 0 radical (unpaired) electrons. The highest BCUT2D eigenvalue weighted by Crippen LogP contribution is 2.33.